The second-order valence-electron chi connectivity index (χ2n) is 4.67. The number of aromatic nitrogens is 4. The van der Waals surface area contributed by atoms with Crippen molar-refractivity contribution in [2.75, 3.05) is 17.2 Å². The van der Waals surface area contributed by atoms with E-state index in [0.717, 1.165) is 25.1 Å². The van der Waals surface area contributed by atoms with Gasteiger partial charge >= 0.3 is 0 Å². The molecule has 0 unspecified atom stereocenters. The van der Waals surface area contributed by atoms with Crippen LogP contribution in [0.2, 0.25) is 0 Å². The van der Waals surface area contributed by atoms with Gasteiger partial charge in [0.15, 0.2) is 0 Å². The lowest BCUT2D eigenvalue weighted by molar-refractivity contribution is 0.102. The molecule has 0 saturated heterocycles. The van der Waals surface area contributed by atoms with Gasteiger partial charge in [0.1, 0.15) is 12.1 Å². The van der Waals surface area contributed by atoms with Crippen LogP contribution in [-0.4, -0.2) is 32.2 Å². The number of amides is 1. The zero-order chi connectivity index (χ0) is 15.2. The summed E-state index contributed by atoms with van der Waals surface area (Å²) in [5, 5.41) is 9.81. The maximum atomic E-state index is 12.3. The van der Waals surface area contributed by atoms with E-state index in [9.17, 15) is 4.79 Å². The largest absolute Gasteiger partial charge is 0.370 e. The molecule has 2 heterocycles. The first-order valence-corrected chi connectivity index (χ1v) is 7.04. The molecular weight excluding hydrogens is 268 g/mol. The highest BCUT2D eigenvalue weighted by Gasteiger charge is 2.12. The monoisotopic (exact) mass is 288 g/mol. The van der Waals surface area contributed by atoms with E-state index in [2.05, 4.69) is 32.6 Å². The predicted molar refractivity (Wildman–Crippen MR) is 81.4 cm³/mol. The van der Waals surface area contributed by atoms with Gasteiger partial charge in [-0.1, -0.05) is 13.3 Å². The highest BCUT2D eigenvalue weighted by atomic mass is 16.1. The molecule has 0 saturated carbocycles. The van der Waals surface area contributed by atoms with Crippen molar-refractivity contribution in [3.05, 3.63) is 29.7 Å². The Morgan fingerprint density at radius 1 is 1.33 bits per heavy atom. The standard InChI is InChI=1S/C14H20N6O/c1-4-6-11-7-10(8-12(18-11)15-5-2)13(21)19-14-16-9-17-20(14)3/h7-9H,4-6H2,1-3H3,(H,15,18)(H,16,17,19,21). The van der Waals surface area contributed by atoms with Crippen molar-refractivity contribution >= 4 is 17.7 Å². The SMILES string of the molecule is CCCc1cc(C(=O)Nc2ncnn2C)cc(NCC)n1. The molecule has 0 spiro atoms. The Labute approximate surface area is 123 Å². The number of rotatable bonds is 6. The second kappa shape index (κ2) is 6.83. The molecule has 21 heavy (non-hydrogen) atoms. The lowest BCUT2D eigenvalue weighted by Gasteiger charge is -2.09. The molecule has 2 aromatic rings. The molecule has 0 aliphatic carbocycles. The molecular formula is C14H20N6O. The maximum Gasteiger partial charge on any atom is 0.258 e. The Bertz CT molecular complexity index is 597. The maximum absolute atomic E-state index is 12.3. The van der Waals surface area contributed by atoms with E-state index in [0.29, 0.717) is 17.3 Å². The van der Waals surface area contributed by atoms with E-state index in [4.69, 9.17) is 0 Å². The highest BCUT2D eigenvalue weighted by molar-refractivity contribution is 6.03. The van der Waals surface area contributed by atoms with Gasteiger partial charge in [-0.3, -0.25) is 10.1 Å². The Balaban J connectivity index is 2.24. The first-order valence-electron chi connectivity index (χ1n) is 7.04. The molecule has 0 aromatic carbocycles. The third kappa shape index (κ3) is 3.77. The van der Waals surface area contributed by atoms with Crippen LogP contribution in [0.15, 0.2) is 18.5 Å². The van der Waals surface area contributed by atoms with Crippen molar-refractivity contribution in [2.45, 2.75) is 26.7 Å². The number of hydrogen-bond acceptors (Lipinski definition) is 5. The molecule has 7 heteroatoms. The average molecular weight is 288 g/mol. The minimum absolute atomic E-state index is 0.218. The first-order chi connectivity index (χ1) is 10.1. The molecule has 7 nitrogen and oxygen atoms in total. The summed E-state index contributed by atoms with van der Waals surface area (Å²) in [6.45, 7) is 4.83. The number of carbonyl (C=O) groups excluding carboxylic acids is 1. The number of pyridine rings is 1. The van der Waals surface area contributed by atoms with Gasteiger partial charge in [-0.05, 0) is 25.5 Å². The number of nitrogens with one attached hydrogen (secondary N) is 2. The Morgan fingerprint density at radius 3 is 2.76 bits per heavy atom. The molecule has 1 amide bonds. The quantitative estimate of drug-likeness (QED) is 0.847. The number of carbonyl (C=O) groups is 1. The summed E-state index contributed by atoms with van der Waals surface area (Å²) in [5.41, 5.74) is 1.46. The van der Waals surface area contributed by atoms with Gasteiger partial charge in [0, 0.05) is 24.8 Å². The zero-order valence-corrected chi connectivity index (χ0v) is 12.6. The smallest absolute Gasteiger partial charge is 0.258 e. The van der Waals surface area contributed by atoms with Crippen LogP contribution in [0.3, 0.4) is 0 Å². The normalized spacial score (nSPS) is 10.4. The molecule has 0 fully saturated rings. The van der Waals surface area contributed by atoms with Gasteiger partial charge in [-0.2, -0.15) is 10.1 Å². The van der Waals surface area contributed by atoms with Crippen LogP contribution in [0, 0.1) is 0 Å². The first kappa shape index (κ1) is 15.0. The fourth-order valence-corrected chi connectivity index (χ4v) is 1.96. The van der Waals surface area contributed by atoms with Crippen molar-refractivity contribution in [1.82, 2.24) is 19.7 Å². The van der Waals surface area contributed by atoms with Gasteiger partial charge in [0.2, 0.25) is 5.95 Å². The van der Waals surface area contributed by atoms with Crippen molar-refractivity contribution in [1.29, 1.82) is 0 Å². The van der Waals surface area contributed by atoms with E-state index >= 15 is 0 Å². The summed E-state index contributed by atoms with van der Waals surface area (Å²) in [5.74, 6) is 0.912. The molecule has 0 atom stereocenters. The van der Waals surface area contributed by atoms with Crippen LogP contribution in [0.25, 0.3) is 0 Å². The molecule has 0 radical (unpaired) electrons. The van der Waals surface area contributed by atoms with E-state index in [1.807, 2.05) is 13.0 Å². The Kier molecular flexibility index (Phi) is 4.86. The fraction of sp³-hybridized carbons (Fsp3) is 0.429. The molecule has 0 aliphatic rings. The second-order valence-corrected chi connectivity index (χ2v) is 4.67. The topological polar surface area (TPSA) is 84.7 Å². The number of aryl methyl sites for hydroxylation is 2. The van der Waals surface area contributed by atoms with E-state index < -0.39 is 0 Å². The Morgan fingerprint density at radius 2 is 2.14 bits per heavy atom. The van der Waals surface area contributed by atoms with Crippen molar-refractivity contribution < 1.29 is 4.79 Å². The van der Waals surface area contributed by atoms with E-state index in [1.165, 1.54) is 11.0 Å². The zero-order valence-electron chi connectivity index (χ0n) is 12.6. The van der Waals surface area contributed by atoms with Gasteiger partial charge in [0.25, 0.3) is 5.91 Å². The summed E-state index contributed by atoms with van der Waals surface area (Å²) in [4.78, 5) is 20.8. The van der Waals surface area contributed by atoms with Crippen LogP contribution in [0.1, 0.15) is 36.3 Å². The van der Waals surface area contributed by atoms with Crippen LogP contribution in [0.4, 0.5) is 11.8 Å². The van der Waals surface area contributed by atoms with Crippen molar-refractivity contribution in [3.8, 4) is 0 Å². The number of hydrogen-bond donors (Lipinski definition) is 2. The fourth-order valence-electron chi connectivity index (χ4n) is 1.96. The van der Waals surface area contributed by atoms with Gasteiger partial charge in [0.05, 0.1) is 0 Å². The molecule has 0 bridgehead atoms. The van der Waals surface area contributed by atoms with E-state index in [1.54, 1.807) is 13.1 Å². The number of nitrogens with zero attached hydrogens (tertiary/aromatic N) is 4. The van der Waals surface area contributed by atoms with Crippen molar-refractivity contribution in [2.24, 2.45) is 7.05 Å². The summed E-state index contributed by atoms with van der Waals surface area (Å²) >= 11 is 0. The van der Waals surface area contributed by atoms with Crippen LogP contribution >= 0.6 is 0 Å². The molecule has 112 valence electrons. The van der Waals surface area contributed by atoms with Crippen LogP contribution < -0.4 is 10.6 Å². The predicted octanol–water partition coefficient (Wildman–Crippen LogP) is 1.85. The summed E-state index contributed by atoms with van der Waals surface area (Å²) < 4.78 is 1.51. The third-order valence-corrected chi connectivity index (χ3v) is 2.94. The third-order valence-electron chi connectivity index (χ3n) is 2.94. The molecule has 2 N–H and O–H groups in total. The summed E-state index contributed by atoms with van der Waals surface area (Å²) in [7, 11) is 1.72. The highest BCUT2D eigenvalue weighted by Crippen LogP contribution is 2.13. The Hall–Kier alpha value is -2.44. The minimum Gasteiger partial charge on any atom is -0.370 e. The van der Waals surface area contributed by atoms with Gasteiger partial charge < -0.3 is 5.32 Å². The van der Waals surface area contributed by atoms with Gasteiger partial charge in [-0.15, -0.1) is 0 Å². The number of anilines is 2. The lowest BCUT2D eigenvalue weighted by atomic mass is 10.1. The summed E-state index contributed by atoms with van der Waals surface area (Å²) in [6, 6.07) is 3.56. The minimum atomic E-state index is -0.218. The lowest BCUT2D eigenvalue weighted by Crippen LogP contribution is -2.16. The molecule has 2 rings (SSSR count). The van der Waals surface area contributed by atoms with Crippen LogP contribution in [-0.2, 0) is 13.5 Å². The average Bonchev–Trinajstić information content (AvgIpc) is 2.85. The molecule has 0 aliphatic heterocycles. The van der Waals surface area contributed by atoms with E-state index in [-0.39, 0.29) is 5.91 Å². The summed E-state index contributed by atoms with van der Waals surface area (Å²) in [6.07, 6.45) is 3.21. The van der Waals surface area contributed by atoms with Crippen molar-refractivity contribution in [3.63, 3.8) is 0 Å². The van der Waals surface area contributed by atoms with Crippen LogP contribution in [0.5, 0.6) is 0 Å². The van der Waals surface area contributed by atoms with Gasteiger partial charge in [-0.25, -0.2) is 9.67 Å². The molecule has 2 aromatic heterocycles.